The molecule has 1 aliphatic heterocycles. The lowest BCUT2D eigenvalue weighted by Gasteiger charge is -2.32. The highest BCUT2D eigenvalue weighted by molar-refractivity contribution is 5.91. The number of nitrogens with one attached hydrogen (secondary N) is 1. The van der Waals surface area contributed by atoms with E-state index in [9.17, 15) is 4.79 Å². The van der Waals surface area contributed by atoms with E-state index >= 15 is 0 Å². The highest BCUT2D eigenvalue weighted by atomic mass is 16.3. The quantitative estimate of drug-likeness (QED) is 0.801. The third-order valence-electron chi connectivity index (χ3n) is 4.81. The van der Waals surface area contributed by atoms with Crippen LogP contribution in [0.5, 0.6) is 0 Å². The van der Waals surface area contributed by atoms with Gasteiger partial charge in [-0.15, -0.1) is 0 Å². The van der Waals surface area contributed by atoms with Gasteiger partial charge in [0.15, 0.2) is 5.76 Å². The van der Waals surface area contributed by atoms with Crippen LogP contribution in [0.25, 0.3) is 10.8 Å². The first-order valence-electron chi connectivity index (χ1n) is 8.44. The fourth-order valence-electron chi connectivity index (χ4n) is 3.47. The van der Waals surface area contributed by atoms with E-state index in [2.05, 4.69) is 42.5 Å². The summed E-state index contributed by atoms with van der Waals surface area (Å²) in [5.74, 6) is 0.441. The van der Waals surface area contributed by atoms with Gasteiger partial charge in [-0.25, -0.2) is 0 Å². The van der Waals surface area contributed by atoms with E-state index in [0.29, 0.717) is 5.76 Å². The molecule has 0 unspecified atom stereocenters. The SMILES string of the molecule is O=C(c1ccco1)N1CC[NH+](Cc2cccc3ccccc23)CC1. The van der Waals surface area contributed by atoms with Crippen molar-refractivity contribution < 1.29 is 14.1 Å². The molecule has 3 aromatic rings. The minimum absolute atomic E-state index is 0.00390. The molecule has 0 bridgehead atoms. The smallest absolute Gasteiger partial charge is 0.289 e. The van der Waals surface area contributed by atoms with Crippen LogP contribution in [0.4, 0.5) is 0 Å². The molecule has 0 saturated carbocycles. The molecule has 1 aliphatic rings. The van der Waals surface area contributed by atoms with Crippen LogP contribution < -0.4 is 4.90 Å². The number of carbonyl (C=O) groups is 1. The van der Waals surface area contributed by atoms with Gasteiger partial charge >= 0.3 is 0 Å². The standard InChI is InChI=1S/C20H20N2O2/c23-20(19-9-4-14-24-19)22-12-10-21(11-13-22)15-17-7-3-6-16-5-1-2-8-18(16)17/h1-9,14H,10-13,15H2/p+1. The first-order valence-corrected chi connectivity index (χ1v) is 8.44. The van der Waals surface area contributed by atoms with E-state index in [1.54, 1.807) is 18.4 Å². The summed E-state index contributed by atoms with van der Waals surface area (Å²) >= 11 is 0. The van der Waals surface area contributed by atoms with E-state index in [0.717, 1.165) is 32.7 Å². The Hall–Kier alpha value is -2.59. The molecular formula is C20H21N2O2+. The van der Waals surface area contributed by atoms with Crippen LogP contribution in [0.2, 0.25) is 0 Å². The summed E-state index contributed by atoms with van der Waals surface area (Å²) < 4.78 is 5.22. The molecule has 0 aliphatic carbocycles. The third kappa shape index (κ3) is 2.93. The number of hydrogen-bond acceptors (Lipinski definition) is 2. The molecule has 1 N–H and O–H groups in total. The Morgan fingerprint density at radius 1 is 1.00 bits per heavy atom. The topological polar surface area (TPSA) is 37.9 Å². The van der Waals surface area contributed by atoms with E-state index in [1.165, 1.54) is 21.2 Å². The van der Waals surface area contributed by atoms with Gasteiger partial charge in [-0.2, -0.15) is 0 Å². The van der Waals surface area contributed by atoms with Crippen LogP contribution in [-0.2, 0) is 6.54 Å². The molecule has 122 valence electrons. The Bertz CT molecular complexity index is 828. The molecule has 0 atom stereocenters. The average Bonchev–Trinajstić information content (AvgIpc) is 3.17. The highest BCUT2D eigenvalue weighted by Crippen LogP contribution is 2.17. The van der Waals surface area contributed by atoms with Gasteiger partial charge in [0.05, 0.1) is 32.4 Å². The fourth-order valence-corrected chi connectivity index (χ4v) is 3.47. The predicted octanol–water partition coefficient (Wildman–Crippen LogP) is 1.97. The monoisotopic (exact) mass is 321 g/mol. The number of carbonyl (C=O) groups excluding carboxylic acids is 1. The first-order chi connectivity index (χ1) is 11.8. The highest BCUT2D eigenvalue weighted by Gasteiger charge is 2.26. The van der Waals surface area contributed by atoms with Gasteiger partial charge < -0.3 is 14.2 Å². The van der Waals surface area contributed by atoms with Crippen LogP contribution in [-0.4, -0.2) is 37.0 Å². The van der Waals surface area contributed by atoms with Crippen molar-refractivity contribution in [2.24, 2.45) is 0 Å². The number of benzene rings is 2. The zero-order chi connectivity index (χ0) is 16.4. The molecule has 4 rings (SSSR count). The van der Waals surface area contributed by atoms with Gasteiger partial charge in [0.25, 0.3) is 5.91 Å². The summed E-state index contributed by atoms with van der Waals surface area (Å²) in [4.78, 5) is 15.7. The van der Waals surface area contributed by atoms with Crippen molar-refractivity contribution in [2.45, 2.75) is 6.54 Å². The largest absolute Gasteiger partial charge is 0.459 e. The number of amides is 1. The lowest BCUT2D eigenvalue weighted by molar-refractivity contribution is -0.917. The predicted molar refractivity (Wildman–Crippen MR) is 93.0 cm³/mol. The molecule has 2 heterocycles. The molecule has 1 saturated heterocycles. The number of rotatable bonds is 3. The lowest BCUT2D eigenvalue weighted by Crippen LogP contribution is -3.13. The van der Waals surface area contributed by atoms with Gasteiger partial charge in [-0.3, -0.25) is 4.79 Å². The van der Waals surface area contributed by atoms with E-state index in [-0.39, 0.29) is 5.91 Å². The number of fused-ring (bicyclic) bond motifs is 1. The molecule has 0 spiro atoms. The molecule has 0 radical (unpaired) electrons. The van der Waals surface area contributed by atoms with E-state index < -0.39 is 0 Å². The van der Waals surface area contributed by atoms with Crippen molar-refractivity contribution in [1.29, 1.82) is 0 Å². The summed E-state index contributed by atoms with van der Waals surface area (Å²) in [6.07, 6.45) is 1.55. The Morgan fingerprint density at radius 3 is 2.58 bits per heavy atom. The molecule has 4 nitrogen and oxygen atoms in total. The number of nitrogens with zero attached hydrogens (tertiary/aromatic N) is 1. The minimum Gasteiger partial charge on any atom is -0.459 e. The third-order valence-corrected chi connectivity index (χ3v) is 4.81. The second-order valence-electron chi connectivity index (χ2n) is 6.33. The Labute approximate surface area is 141 Å². The molecule has 1 fully saturated rings. The maximum Gasteiger partial charge on any atom is 0.289 e. The minimum atomic E-state index is 0.00390. The van der Waals surface area contributed by atoms with Crippen molar-refractivity contribution in [1.82, 2.24) is 4.90 Å². The van der Waals surface area contributed by atoms with Crippen LogP contribution in [0.3, 0.4) is 0 Å². The van der Waals surface area contributed by atoms with Gasteiger partial charge in [-0.1, -0.05) is 42.5 Å². The Kier molecular flexibility index (Phi) is 4.05. The number of piperazine rings is 1. The van der Waals surface area contributed by atoms with Crippen molar-refractivity contribution in [3.8, 4) is 0 Å². The maximum atomic E-state index is 12.3. The summed E-state index contributed by atoms with van der Waals surface area (Å²) in [6, 6.07) is 18.5. The lowest BCUT2D eigenvalue weighted by atomic mass is 10.0. The second kappa shape index (κ2) is 6.49. The van der Waals surface area contributed by atoms with Gasteiger partial charge in [0.2, 0.25) is 0 Å². The van der Waals surface area contributed by atoms with Crippen LogP contribution in [0, 0.1) is 0 Å². The summed E-state index contributed by atoms with van der Waals surface area (Å²) in [7, 11) is 0. The summed E-state index contributed by atoms with van der Waals surface area (Å²) in [5.41, 5.74) is 1.38. The zero-order valence-corrected chi connectivity index (χ0v) is 13.6. The van der Waals surface area contributed by atoms with E-state index in [1.807, 2.05) is 4.90 Å². The Morgan fingerprint density at radius 2 is 1.79 bits per heavy atom. The molecule has 4 heteroatoms. The maximum absolute atomic E-state index is 12.3. The number of furan rings is 1. The summed E-state index contributed by atoms with van der Waals surface area (Å²) in [5, 5.41) is 2.63. The van der Waals surface area contributed by atoms with Crippen molar-refractivity contribution in [3.05, 3.63) is 72.2 Å². The molecule has 1 aromatic heterocycles. The normalized spacial score (nSPS) is 15.8. The zero-order valence-electron chi connectivity index (χ0n) is 13.6. The average molecular weight is 321 g/mol. The molecule has 24 heavy (non-hydrogen) atoms. The second-order valence-corrected chi connectivity index (χ2v) is 6.33. The fraction of sp³-hybridized carbons (Fsp3) is 0.250. The van der Waals surface area contributed by atoms with Crippen LogP contribution in [0.15, 0.2) is 65.3 Å². The Balaban J connectivity index is 1.42. The van der Waals surface area contributed by atoms with Crippen molar-refractivity contribution in [3.63, 3.8) is 0 Å². The number of quaternary nitrogens is 1. The molecule has 2 aromatic carbocycles. The van der Waals surface area contributed by atoms with Gasteiger partial charge in [-0.05, 0) is 22.9 Å². The molecule has 1 amide bonds. The van der Waals surface area contributed by atoms with Gasteiger partial charge in [0, 0.05) is 5.56 Å². The molecular weight excluding hydrogens is 300 g/mol. The van der Waals surface area contributed by atoms with Crippen molar-refractivity contribution >= 4 is 16.7 Å². The van der Waals surface area contributed by atoms with E-state index in [4.69, 9.17) is 4.42 Å². The first kappa shape index (κ1) is 15.0. The van der Waals surface area contributed by atoms with Gasteiger partial charge in [0.1, 0.15) is 6.54 Å². The van der Waals surface area contributed by atoms with Crippen molar-refractivity contribution in [2.75, 3.05) is 26.2 Å². The van der Waals surface area contributed by atoms with Crippen LogP contribution in [0.1, 0.15) is 16.1 Å². The van der Waals surface area contributed by atoms with Crippen LogP contribution >= 0.6 is 0 Å². The summed E-state index contributed by atoms with van der Waals surface area (Å²) in [6.45, 7) is 4.49. The number of hydrogen-bond donors (Lipinski definition) is 1.